The second-order valence-corrected chi connectivity index (χ2v) is 9.97. The normalized spacial score (nSPS) is 17.8. The van der Waals surface area contributed by atoms with Crippen molar-refractivity contribution < 1.29 is 22.6 Å². The lowest BCUT2D eigenvalue weighted by atomic mass is 10.2. The Bertz CT molecular complexity index is 777. The molecule has 0 aromatic heterocycles. The van der Waals surface area contributed by atoms with Crippen LogP contribution in [0, 0.1) is 0 Å². The number of nitrogens with zero attached hydrogens (tertiary/aromatic N) is 2. The summed E-state index contributed by atoms with van der Waals surface area (Å²) < 4.78 is 39.8. The molecule has 0 radical (unpaired) electrons. The van der Waals surface area contributed by atoms with Crippen molar-refractivity contribution in [3.63, 3.8) is 0 Å². The first-order valence-corrected chi connectivity index (χ1v) is 10.9. The monoisotopic (exact) mass is 541 g/mol. The molecule has 1 aliphatic heterocycles. The number of sulfone groups is 1. The van der Waals surface area contributed by atoms with Crippen LogP contribution in [0.15, 0.2) is 23.2 Å². The average molecular weight is 541 g/mol. The SMILES string of the molecule is CN=C(NCCCOc1cc(OC)cc(OC)c1)N1CCS(=O)(=O)C(C)(C)C1.I. The van der Waals surface area contributed by atoms with Crippen molar-refractivity contribution in [2.45, 2.75) is 25.0 Å². The molecule has 0 amide bonds. The van der Waals surface area contributed by atoms with Crippen LogP contribution in [-0.2, 0) is 9.84 Å². The van der Waals surface area contributed by atoms with Gasteiger partial charge in [0.25, 0.3) is 0 Å². The minimum Gasteiger partial charge on any atom is -0.496 e. The summed E-state index contributed by atoms with van der Waals surface area (Å²) in [5.74, 6) is 2.89. The van der Waals surface area contributed by atoms with E-state index in [1.54, 1.807) is 41.2 Å². The lowest BCUT2D eigenvalue weighted by Crippen LogP contribution is -2.57. The fourth-order valence-electron chi connectivity index (χ4n) is 2.98. The fraction of sp³-hybridized carbons (Fsp3) is 0.632. The standard InChI is InChI=1S/C19H31N3O5S.HI/c1-19(2)14-22(8-10-28(19,23)24)18(20-3)21-7-6-9-27-17-12-15(25-4)11-16(13-17)26-5;/h11-13H,6-10,14H2,1-5H3,(H,20,21);1H. The van der Waals surface area contributed by atoms with Gasteiger partial charge in [-0.05, 0) is 20.3 Å². The Morgan fingerprint density at radius 1 is 1.17 bits per heavy atom. The van der Waals surface area contributed by atoms with Crippen LogP contribution < -0.4 is 19.5 Å². The van der Waals surface area contributed by atoms with Gasteiger partial charge in [-0.3, -0.25) is 4.99 Å². The van der Waals surface area contributed by atoms with Crippen LogP contribution in [0.1, 0.15) is 20.3 Å². The van der Waals surface area contributed by atoms with E-state index in [1.807, 2.05) is 17.0 Å². The number of methoxy groups -OCH3 is 2. The zero-order valence-electron chi connectivity index (χ0n) is 17.7. The Labute approximate surface area is 190 Å². The van der Waals surface area contributed by atoms with E-state index in [1.165, 1.54) is 0 Å². The molecule has 2 rings (SSSR count). The van der Waals surface area contributed by atoms with Crippen LogP contribution in [-0.4, -0.2) is 77.3 Å². The Kier molecular flexibility index (Phi) is 9.80. The molecular formula is C19H32IN3O5S. The summed E-state index contributed by atoms with van der Waals surface area (Å²) in [6.07, 6.45) is 0.758. The summed E-state index contributed by atoms with van der Waals surface area (Å²) in [7, 11) is 1.83. The molecule has 1 heterocycles. The summed E-state index contributed by atoms with van der Waals surface area (Å²) in [6, 6.07) is 5.41. The molecular weight excluding hydrogens is 509 g/mol. The fourth-order valence-corrected chi connectivity index (χ4v) is 4.35. The average Bonchev–Trinajstić information content (AvgIpc) is 2.66. The van der Waals surface area contributed by atoms with Gasteiger partial charge in [-0.15, -0.1) is 24.0 Å². The number of guanidine groups is 1. The van der Waals surface area contributed by atoms with Crippen molar-refractivity contribution in [1.29, 1.82) is 0 Å². The molecule has 10 heteroatoms. The predicted octanol–water partition coefficient (Wildman–Crippen LogP) is 2.18. The highest BCUT2D eigenvalue weighted by Crippen LogP contribution is 2.27. The highest BCUT2D eigenvalue weighted by atomic mass is 127. The first-order valence-electron chi connectivity index (χ1n) is 9.26. The molecule has 0 aliphatic carbocycles. The molecule has 1 aromatic rings. The van der Waals surface area contributed by atoms with Crippen LogP contribution in [0.2, 0.25) is 0 Å². The largest absolute Gasteiger partial charge is 0.496 e. The van der Waals surface area contributed by atoms with Gasteiger partial charge in [-0.2, -0.15) is 0 Å². The van der Waals surface area contributed by atoms with Crippen LogP contribution in [0.5, 0.6) is 17.2 Å². The number of hydrogen-bond donors (Lipinski definition) is 1. The second kappa shape index (κ2) is 11.1. The Morgan fingerprint density at radius 2 is 1.76 bits per heavy atom. The van der Waals surface area contributed by atoms with E-state index in [2.05, 4.69) is 10.3 Å². The molecule has 0 unspecified atom stereocenters. The van der Waals surface area contributed by atoms with Crippen molar-refractivity contribution in [3.8, 4) is 17.2 Å². The summed E-state index contributed by atoms with van der Waals surface area (Å²) >= 11 is 0. The van der Waals surface area contributed by atoms with Crippen molar-refractivity contribution in [1.82, 2.24) is 10.2 Å². The zero-order valence-corrected chi connectivity index (χ0v) is 20.9. The Morgan fingerprint density at radius 3 is 2.28 bits per heavy atom. The van der Waals surface area contributed by atoms with Gasteiger partial charge in [0.05, 0.1) is 31.3 Å². The number of nitrogens with one attached hydrogen (secondary N) is 1. The van der Waals surface area contributed by atoms with Crippen molar-refractivity contribution in [2.24, 2.45) is 4.99 Å². The third-order valence-electron chi connectivity index (χ3n) is 4.75. The van der Waals surface area contributed by atoms with E-state index >= 15 is 0 Å². The van der Waals surface area contributed by atoms with Crippen LogP contribution >= 0.6 is 24.0 Å². The maximum atomic E-state index is 12.2. The molecule has 0 bridgehead atoms. The topological polar surface area (TPSA) is 89.5 Å². The minimum atomic E-state index is -3.07. The van der Waals surface area contributed by atoms with Crippen LogP contribution in [0.3, 0.4) is 0 Å². The van der Waals surface area contributed by atoms with E-state index < -0.39 is 14.6 Å². The quantitative estimate of drug-likeness (QED) is 0.245. The first kappa shape index (κ1) is 25.6. The Balaban J connectivity index is 0.00000420. The van der Waals surface area contributed by atoms with Gasteiger partial charge in [0.2, 0.25) is 0 Å². The third-order valence-corrected chi connectivity index (χ3v) is 7.29. The van der Waals surface area contributed by atoms with Gasteiger partial charge in [0.15, 0.2) is 15.8 Å². The molecule has 1 N–H and O–H groups in total. The molecule has 1 fully saturated rings. The van der Waals surface area contributed by atoms with Crippen LogP contribution in [0.25, 0.3) is 0 Å². The van der Waals surface area contributed by atoms with Crippen molar-refractivity contribution >= 4 is 39.8 Å². The lowest BCUT2D eigenvalue weighted by molar-refractivity contribution is 0.303. The number of ether oxygens (including phenoxy) is 3. The molecule has 1 aromatic carbocycles. The van der Waals surface area contributed by atoms with E-state index in [4.69, 9.17) is 14.2 Å². The molecule has 0 saturated carbocycles. The summed E-state index contributed by atoms with van der Waals surface area (Å²) in [5, 5.41) is 3.29. The van der Waals surface area contributed by atoms with Gasteiger partial charge >= 0.3 is 0 Å². The highest BCUT2D eigenvalue weighted by Gasteiger charge is 2.40. The molecule has 166 valence electrons. The number of hydrogen-bond acceptors (Lipinski definition) is 6. The zero-order chi connectivity index (χ0) is 20.8. The number of halogens is 1. The molecule has 8 nitrogen and oxygen atoms in total. The maximum Gasteiger partial charge on any atom is 0.193 e. The first-order chi connectivity index (χ1) is 13.2. The van der Waals surface area contributed by atoms with E-state index in [9.17, 15) is 8.42 Å². The van der Waals surface area contributed by atoms with E-state index in [-0.39, 0.29) is 29.7 Å². The minimum absolute atomic E-state index is 0. The highest BCUT2D eigenvalue weighted by molar-refractivity contribution is 14.0. The Hall–Kier alpha value is -1.43. The summed E-state index contributed by atoms with van der Waals surface area (Å²) in [6.45, 7) is 5.58. The van der Waals surface area contributed by atoms with Gasteiger partial charge < -0.3 is 24.4 Å². The number of rotatable bonds is 7. The second-order valence-electron chi connectivity index (χ2n) is 7.22. The van der Waals surface area contributed by atoms with Gasteiger partial charge in [-0.1, -0.05) is 0 Å². The predicted molar refractivity (Wildman–Crippen MR) is 126 cm³/mol. The van der Waals surface area contributed by atoms with Crippen molar-refractivity contribution in [2.75, 3.05) is 53.3 Å². The molecule has 0 atom stereocenters. The van der Waals surface area contributed by atoms with E-state index in [0.29, 0.717) is 49.4 Å². The molecule has 1 saturated heterocycles. The van der Waals surface area contributed by atoms with E-state index in [0.717, 1.165) is 6.42 Å². The summed E-state index contributed by atoms with van der Waals surface area (Å²) in [5.41, 5.74) is 0. The van der Waals surface area contributed by atoms with Crippen molar-refractivity contribution in [3.05, 3.63) is 18.2 Å². The number of aliphatic imine (C=N–C) groups is 1. The molecule has 29 heavy (non-hydrogen) atoms. The smallest absolute Gasteiger partial charge is 0.193 e. The lowest BCUT2D eigenvalue weighted by Gasteiger charge is -2.39. The van der Waals surface area contributed by atoms with Crippen LogP contribution in [0.4, 0.5) is 0 Å². The van der Waals surface area contributed by atoms with Gasteiger partial charge in [0.1, 0.15) is 17.2 Å². The molecule has 1 aliphatic rings. The third kappa shape index (κ3) is 6.80. The number of benzene rings is 1. The maximum absolute atomic E-state index is 12.2. The van der Waals surface area contributed by atoms with Gasteiger partial charge in [-0.25, -0.2) is 8.42 Å². The van der Waals surface area contributed by atoms with Gasteiger partial charge in [0, 0.05) is 44.9 Å². The molecule has 0 spiro atoms. The summed E-state index contributed by atoms with van der Waals surface area (Å²) in [4.78, 5) is 6.28.